The van der Waals surface area contributed by atoms with Gasteiger partial charge in [-0.25, -0.2) is 0 Å². The first-order valence-electron chi connectivity index (χ1n) is 13.3. The molecule has 1 amide bonds. The molecule has 0 radical (unpaired) electrons. The molecule has 1 saturated heterocycles. The fraction of sp³-hybridized carbons (Fsp3) is 0.345. The maximum absolute atomic E-state index is 15.0. The summed E-state index contributed by atoms with van der Waals surface area (Å²) >= 11 is 6.79. The zero-order valence-corrected chi connectivity index (χ0v) is 24.9. The van der Waals surface area contributed by atoms with E-state index in [9.17, 15) is 19.2 Å². The molecule has 2 atom stereocenters. The first-order valence-corrected chi connectivity index (χ1v) is 16.1. The van der Waals surface area contributed by atoms with E-state index in [0.29, 0.717) is 23.8 Å². The van der Waals surface area contributed by atoms with Gasteiger partial charge in [0.2, 0.25) is 0 Å². The van der Waals surface area contributed by atoms with Crippen LogP contribution in [-0.2, 0) is 0 Å². The number of pyridine rings is 1. The molecule has 3 heterocycles. The normalized spacial score (nSPS) is 21.2. The molecule has 2 N–H and O–H groups in total. The number of piperazine rings is 1. The summed E-state index contributed by atoms with van der Waals surface area (Å²) in [4.78, 5) is 32.3. The number of amidine groups is 1. The molecule has 0 spiro atoms. The standard InChI is InChI=1S/C29H34ClFN5O3P/c1-17(2)20-10-7-9-13-25(20)36-27-22(14-23(30)26(32-27)21-11-6-8-12-24(21)31)28(33-40(36,5)39)34-15-19(4)35(29(37)38)16-18(34)3/h6-14,17-19,39-40H,15-16H2,1-5H3,(H,37,38)/t18-,19+/m0/s1. The van der Waals surface area contributed by atoms with Crippen LogP contribution in [0.15, 0.2) is 59.4 Å². The summed E-state index contributed by atoms with van der Waals surface area (Å²) in [5.41, 5.74) is 2.93. The van der Waals surface area contributed by atoms with Crippen molar-refractivity contribution in [3.8, 4) is 11.3 Å². The van der Waals surface area contributed by atoms with Crippen LogP contribution >= 0.6 is 19.4 Å². The van der Waals surface area contributed by atoms with Crippen molar-refractivity contribution in [2.45, 2.75) is 45.7 Å². The Bertz CT molecular complexity index is 1500. The Hall–Kier alpha value is -3.26. The number of anilines is 2. The van der Waals surface area contributed by atoms with E-state index in [0.717, 1.165) is 11.3 Å². The van der Waals surface area contributed by atoms with E-state index in [2.05, 4.69) is 13.8 Å². The molecule has 2 aliphatic heterocycles. The van der Waals surface area contributed by atoms with Gasteiger partial charge in [0.15, 0.2) is 0 Å². The second kappa shape index (κ2) is 10.6. The molecule has 0 bridgehead atoms. The Morgan fingerprint density at radius 1 is 1.07 bits per heavy atom. The van der Waals surface area contributed by atoms with Crippen LogP contribution in [0.2, 0.25) is 5.02 Å². The number of para-hydroxylation sites is 1. The number of rotatable bonds is 3. The van der Waals surface area contributed by atoms with E-state index in [1.165, 1.54) is 11.0 Å². The van der Waals surface area contributed by atoms with Crippen LogP contribution in [0.1, 0.15) is 44.7 Å². The second-order valence-electron chi connectivity index (χ2n) is 10.9. The van der Waals surface area contributed by atoms with E-state index in [1.807, 2.05) is 47.7 Å². The number of fused-ring (bicyclic) bond motifs is 1. The molecule has 2 aliphatic rings. The Morgan fingerprint density at radius 3 is 2.42 bits per heavy atom. The average Bonchev–Trinajstić information content (AvgIpc) is 2.89. The summed E-state index contributed by atoms with van der Waals surface area (Å²) in [6.45, 7) is 10.3. The molecule has 2 aromatic carbocycles. The van der Waals surface area contributed by atoms with Crippen LogP contribution in [0.3, 0.4) is 0 Å². The van der Waals surface area contributed by atoms with Crippen molar-refractivity contribution in [3.05, 3.63) is 76.6 Å². The molecule has 0 unspecified atom stereocenters. The molecule has 1 aromatic heterocycles. The summed E-state index contributed by atoms with van der Waals surface area (Å²) in [6.07, 6.45) is -0.970. The first-order chi connectivity index (χ1) is 18.9. The van der Waals surface area contributed by atoms with Gasteiger partial charge in [-0.2, -0.15) is 0 Å². The topological polar surface area (TPSA) is 92.5 Å². The van der Waals surface area contributed by atoms with Gasteiger partial charge in [-0.1, -0.05) is 0 Å². The van der Waals surface area contributed by atoms with E-state index in [1.54, 1.807) is 30.9 Å². The Morgan fingerprint density at radius 2 is 1.75 bits per heavy atom. The predicted octanol–water partition coefficient (Wildman–Crippen LogP) is 6.75. The van der Waals surface area contributed by atoms with Crippen molar-refractivity contribution in [1.29, 1.82) is 0 Å². The van der Waals surface area contributed by atoms with E-state index in [4.69, 9.17) is 21.3 Å². The Labute approximate surface area is 239 Å². The van der Waals surface area contributed by atoms with Gasteiger partial charge in [0.05, 0.1) is 0 Å². The Balaban J connectivity index is 1.75. The van der Waals surface area contributed by atoms with E-state index in [-0.39, 0.29) is 40.8 Å². The molecular weight excluding hydrogens is 552 g/mol. The van der Waals surface area contributed by atoms with Gasteiger partial charge in [-0.3, -0.25) is 0 Å². The average molecular weight is 586 g/mol. The van der Waals surface area contributed by atoms with Crippen molar-refractivity contribution in [2.75, 3.05) is 24.4 Å². The molecule has 3 aromatic rings. The number of carbonyl (C=O) groups is 1. The molecule has 0 saturated carbocycles. The zero-order valence-electron chi connectivity index (χ0n) is 23.1. The van der Waals surface area contributed by atoms with Gasteiger partial charge < -0.3 is 0 Å². The summed E-state index contributed by atoms with van der Waals surface area (Å²) < 4.78 is 21.7. The Kier molecular flexibility index (Phi) is 7.50. The second-order valence-corrected chi connectivity index (χ2v) is 13.9. The van der Waals surface area contributed by atoms with Crippen LogP contribution < -0.4 is 4.67 Å². The van der Waals surface area contributed by atoms with Crippen LogP contribution in [0.4, 0.5) is 20.7 Å². The third-order valence-corrected chi connectivity index (χ3v) is 9.81. The van der Waals surface area contributed by atoms with Gasteiger partial charge in [0.25, 0.3) is 0 Å². The number of aromatic nitrogens is 1. The van der Waals surface area contributed by atoms with Crippen LogP contribution in [0, 0.1) is 5.82 Å². The molecular formula is C29H34ClFN5O3P. The van der Waals surface area contributed by atoms with Crippen molar-refractivity contribution in [2.24, 2.45) is 4.76 Å². The van der Waals surface area contributed by atoms with Gasteiger partial charge in [-0.05, 0) is 0 Å². The van der Waals surface area contributed by atoms with Crippen molar-refractivity contribution >= 4 is 42.8 Å². The first kappa shape index (κ1) is 28.3. The minimum absolute atomic E-state index is 0.151. The third kappa shape index (κ3) is 4.91. The van der Waals surface area contributed by atoms with E-state index >= 15 is 0 Å². The number of hydrogen-bond donors (Lipinski definition) is 2. The van der Waals surface area contributed by atoms with Gasteiger partial charge in [0.1, 0.15) is 0 Å². The zero-order chi connectivity index (χ0) is 28.9. The van der Waals surface area contributed by atoms with Crippen LogP contribution in [0.5, 0.6) is 0 Å². The van der Waals surface area contributed by atoms with Gasteiger partial charge in [0, 0.05) is 0 Å². The summed E-state index contributed by atoms with van der Waals surface area (Å²) in [7, 11) is -3.63. The predicted molar refractivity (Wildman–Crippen MR) is 161 cm³/mol. The van der Waals surface area contributed by atoms with Crippen LogP contribution in [0.25, 0.3) is 11.3 Å². The minimum atomic E-state index is -3.63. The fourth-order valence-corrected chi connectivity index (χ4v) is 7.83. The number of carboxylic acid groups (broad SMARTS) is 1. The molecule has 40 heavy (non-hydrogen) atoms. The third-order valence-electron chi connectivity index (χ3n) is 7.58. The molecule has 5 rings (SSSR count). The summed E-state index contributed by atoms with van der Waals surface area (Å²) in [6, 6.07) is 15.4. The molecule has 1 fully saturated rings. The number of amides is 1. The van der Waals surface area contributed by atoms with Crippen molar-refractivity contribution < 1.29 is 19.2 Å². The molecule has 8 nitrogen and oxygen atoms in total. The van der Waals surface area contributed by atoms with E-state index < -0.39 is 19.7 Å². The number of halogens is 2. The maximum atomic E-state index is 15.0. The molecule has 0 aliphatic carbocycles. The SMILES string of the molecule is CC(C)c1ccccc1N1c2nc(-c3ccccc3F)c(Cl)cc2C(N2C[C@@H](C)N(C(=O)O)C[C@@H]2C)=N[PH]1(C)O. The van der Waals surface area contributed by atoms with Crippen LogP contribution in [-0.4, -0.2) is 68.6 Å². The molecule has 11 heteroatoms. The van der Waals surface area contributed by atoms with Gasteiger partial charge >= 0.3 is 240 Å². The number of hydrogen-bond acceptors (Lipinski definition) is 6. The monoisotopic (exact) mass is 585 g/mol. The van der Waals surface area contributed by atoms with Crippen molar-refractivity contribution in [3.63, 3.8) is 0 Å². The fourth-order valence-electron chi connectivity index (χ4n) is 5.60. The number of benzene rings is 2. The molecule has 212 valence electrons. The quantitative estimate of drug-likeness (QED) is 0.330. The number of nitrogens with zero attached hydrogens (tertiary/aromatic N) is 5. The van der Waals surface area contributed by atoms with Crippen molar-refractivity contribution in [1.82, 2.24) is 14.8 Å². The summed E-state index contributed by atoms with van der Waals surface area (Å²) in [5.74, 6) is 0.659. The van der Waals surface area contributed by atoms with Gasteiger partial charge in [-0.15, -0.1) is 0 Å². The summed E-state index contributed by atoms with van der Waals surface area (Å²) in [5, 5.41) is 9.92.